The summed E-state index contributed by atoms with van der Waals surface area (Å²) in [6, 6.07) is 1.85. The molecule has 0 amide bonds. The standard InChI is InChI=1S/C13H24N6/c1-9(2)13-16-11(6-12(17-13)18-14)15-7-10-4-5-19(3)8-10/h6,9-10H,4-5,7-8,14H2,1-3H3,(H2,15,16,17,18). The number of nitrogens with one attached hydrogen (secondary N) is 2. The molecule has 1 unspecified atom stereocenters. The number of anilines is 2. The van der Waals surface area contributed by atoms with Crippen molar-refractivity contribution in [1.82, 2.24) is 14.9 Å². The van der Waals surface area contributed by atoms with E-state index in [9.17, 15) is 0 Å². The molecule has 2 heterocycles. The molecule has 1 atom stereocenters. The summed E-state index contributed by atoms with van der Waals surface area (Å²) in [7, 11) is 2.16. The van der Waals surface area contributed by atoms with E-state index in [0.29, 0.717) is 11.7 Å². The van der Waals surface area contributed by atoms with Crippen LogP contribution in [0.1, 0.15) is 32.0 Å². The third kappa shape index (κ3) is 3.78. The quantitative estimate of drug-likeness (QED) is 0.549. The summed E-state index contributed by atoms with van der Waals surface area (Å²) in [5.74, 6) is 8.74. The molecule has 6 nitrogen and oxygen atoms in total. The van der Waals surface area contributed by atoms with E-state index in [0.717, 1.165) is 24.7 Å². The number of nitrogen functional groups attached to an aromatic ring is 1. The van der Waals surface area contributed by atoms with Crippen LogP contribution >= 0.6 is 0 Å². The van der Waals surface area contributed by atoms with E-state index in [-0.39, 0.29) is 5.92 Å². The zero-order valence-electron chi connectivity index (χ0n) is 12.0. The van der Waals surface area contributed by atoms with Crippen molar-refractivity contribution in [3.8, 4) is 0 Å². The Labute approximate surface area is 114 Å². The Morgan fingerprint density at radius 3 is 2.74 bits per heavy atom. The second-order valence-corrected chi connectivity index (χ2v) is 5.59. The van der Waals surface area contributed by atoms with Crippen molar-refractivity contribution in [2.75, 3.05) is 37.4 Å². The molecule has 19 heavy (non-hydrogen) atoms. The van der Waals surface area contributed by atoms with Crippen LogP contribution in [-0.4, -0.2) is 41.5 Å². The molecule has 4 N–H and O–H groups in total. The fraction of sp³-hybridized carbons (Fsp3) is 0.692. The van der Waals surface area contributed by atoms with Gasteiger partial charge in [-0.2, -0.15) is 0 Å². The van der Waals surface area contributed by atoms with E-state index in [1.54, 1.807) is 0 Å². The maximum absolute atomic E-state index is 5.45. The number of nitrogens with two attached hydrogens (primary N) is 1. The van der Waals surface area contributed by atoms with Gasteiger partial charge in [0, 0.05) is 25.1 Å². The summed E-state index contributed by atoms with van der Waals surface area (Å²) in [5.41, 5.74) is 2.60. The highest BCUT2D eigenvalue weighted by atomic mass is 15.3. The molecule has 1 aromatic heterocycles. The summed E-state index contributed by atoms with van der Waals surface area (Å²) in [5, 5.41) is 3.40. The first-order valence-electron chi connectivity index (χ1n) is 6.86. The number of rotatable bonds is 5. The van der Waals surface area contributed by atoms with Crippen molar-refractivity contribution in [3.05, 3.63) is 11.9 Å². The number of likely N-dealkylation sites (tertiary alicyclic amines) is 1. The third-order valence-electron chi connectivity index (χ3n) is 3.47. The Bertz CT molecular complexity index is 420. The number of nitrogens with zero attached hydrogens (tertiary/aromatic N) is 3. The fourth-order valence-electron chi connectivity index (χ4n) is 2.33. The Kier molecular flexibility index (Phi) is 4.55. The lowest BCUT2D eigenvalue weighted by molar-refractivity contribution is 0.399. The first kappa shape index (κ1) is 14.0. The molecule has 0 aliphatic carbocycles. The highest BCUT2D eigenvalue weighted by Crippen LogP contribution is 2.18. The lowest BCUT2D eigenvalue weighted by Crippen LogP contribution is -2.20. The van der Waals surface area contributed by atoms with Crippen LogP contribution in [0.25, 0.3) is 0 Å². The SMILES string of the molecule is CC(C)c1nc(NN)cc(NCC2CCN(C)C2)n1. The van der Waals surface area contributed by atoms with Crippen LogP contribution in [0.5, 0.6) is 0 Å². The van der Waals surface area contributed by atoms with Gasteiger partial charge in [0.05, 0.1) is 0 Å². The molecule has 1 saturated heterocycles. The van der Waals surface area contributed by atoms with Gasteiger partial charge in [-0.05, 0) is 25.9 Å². The zero-order chi connectivity index (χ0) is 13.8. The third-order valence-corrected chi connectivity index (χ3v) is 3.47. The predicted molar refractivity (Wildman–Crippen MR) is 78.0 cm³/mol. The highest BCUT2D eigenvalue weighted by molar-refractivity contribution is 5.47. The molecule has 0 bridgehead atoms. The minimum absolute atomic E-state index is 0.284. The molecule has 2 rings (SSSR count). The van der Waals surface area contributed by atoms with E-state index in [4.69, 9.17) is 5.84 Å². The molecule has 0 saturated carbocycles. The molecule has 0 radical (unpaired) electrons. The monoisotopic (exact) mass is 264 g/mol. The van der Waals surface area contributed by atoms with Gasteiger partial charge >= 0.3 is 0 Å². The predicted octanol–water partition coefficient (Wildman–Crippen LogP) is 1.25. The minimum Gasteiger partial charge on any atom is -0.370 e. The van der Waals surface area contributed by atoms with E-state index in [1.165, 1.54) is 13.0 Å². The second kappa shape index (κ2) is 6.16. The Morgan fingerprint density at radius 1 is 1.42 bits per heavy atom. The normalized spacial score (nSPS) is 19.9. The molecule has 6 heteroatoms. The van der Waals surface area contributed by atoms with Gasteiger partial charge in [0.1, 0.15) is 17.5 Å². The van der Waals surface area contributed by atoms with Crippen LogP contribution in [0.4, 0.5) is 11.6 Å². The van der Waals surface area contributed by atoms with Crippen molar-refractivity contribution >= 4 is 11.6 Å². The smallest absolute Gasteiger partial charge is 0.145 e. The van der Waals surface area contributed by atoms with E-state index in [2.05, 4.69) is 46.5 Å². The summed E-state index contributed by atoms with van der Waals surface area (Å²) < 4.78 is 0. The molecule has 1 fully saturated rings. The van der Waals surface area contributed by atoms with Crippen LogP contribution in [0.3, 0.4) is 0 Å². The summed E-state index contributed by atoms with van der Waals surface area (Å²) in [6.07, 6.45) is 1.24. The van der Waals surface area contributed by atoms with Gasteiger partial charge < -0.3 is 15.6 Å². The molecule has 1 aromatic rings. The van der Waals surface area contributed by atoms with Gasteiger partial charge in [0.2, 0.25) is 0 Å². The summed E-state index contributed by atoms with van der Waals surface area (Å²) in [4.78, 5) is 11.2. The van der Waals surface area contributed by atoms with Gasteiger partial charge in [-0.3, -0.25) is 0 Å². The van der Waals surface area contributed by atoms with Gasteiger partial charge in [-0.25, -0.2) is 15.8 Å². The van der Waals surface area contributed by atoms with E-state index in [1.807, 2.05) is 6.07 Å². The first-order valence-corrected chi connectivity index (χ1v) is 6.86. The largest absolute Gasteiger partial charge is 0.370 e. The second-order valence-electron chi connectivity index (χ2n) is 5.59. The van der Waals surface area contributed by atoms with E-state index < -0.39 is 0 Å². The van der Waals surface area contributed by atoms with Crippen LogP contribution in [-0.2, 0) is 0 Å². The molecule has 0 aromatic carbocycles. The average molecular weight is 264 g/mol. The maximum Gasteiger partial charge on any atom is 0.145 e. The molecular weight excluding hydrogens is 240 g/mol. The molecule has 1 aliphatic rings. The summed E-state index contributed by atoms with van der Waals surface area (Å²) >= 11 is 0. The van der Waals surface area contributed by atoms with Crippen molar-refractivity contribution in [1.29, 1.82) is 0 Å². The Balaban J connectivity index is 2.00. The Morgan fingerprint density at radius 2 is 2.16 bits per heavy atom. The zero-order valence-corrected chi connectivity index (χ0v) is 12.0. The van der Waals surface area contributed by atoms with Crippen LogP contribution in [0.2, 0.25) is 0 Å². The molecule has 0 spiro atoms. The minimum atomic E-state index is 0.284. The van der Waals surface area contributed by atoms with E-state index >= 15 is 0 Å². The topological polar surface area (TPSA) is 79.1 Å². The lowest BCUT2D eigenvalue weighted by Gasteiger charge is -2.14. The fourth-order valence-corrected chi connectivity index (χ4v) is 2.33. The van der Waals surface area contributed by atoms with Crippen molar-refractivity contribution < 1.29 is 0 Å². The van der Waals surface area contributed by atoms with Crippen molar-refractivity contribution in [3.63, 3.8) is 0 Å². The molecule has 106 valence electrons. The van der Waals surface area contributed by atoms with Crippen LogP contribution < -0.4 is 16.6 Å². The number of hydrazine groups is 1. The van der Waals surface area contributed by atoms with Gasteiger partial charge in [0.15, 0.2) is 0 Å². The van der Waals surface area contributed by atoms with Gasteiger partial charge in [-0.15, -0.1) is 0 Å². The number of hydrogen-bond acceptors (Lipinski definition) is 6. The Hall–Kier alpha value is -1.40. The number of aromatic nitrogens is 2. The van der Waals surface area contributed by atoms with Crippen molar-refractivity contribution in [2.24, 2.45) is 11.8 Å². The summed E-state index contributed by atoms with van der Waals surface area (Å²) in [6.45, 7) is 7.43. The molecule has 1 aliphatic heterocycles. The maximum atomic E-state index is 5.45. The molecular formula is C13H24N6. The number of hydrogen-bond donors (Lipinski definition) is 3. The van der Waals surface area contributed by atoms with Gasteiger partial charge in [0.25, 0.3) is 0 Å². The van der Waals surface area contributed by atoms with Gasteiger partial charge in [-0.1, -0.05) is 13.8 Å². The average Bonchev–Trinajstić information content (AvgIpc) is 2.81. The van der Waals surface area contributed by atoms with Crippen molar-refractivity contribution in [2.45, 2.75) is 26.2 Å². The van der Waals surface area contributed by atoms with Crippen LogP contribution in [0.15, 0.2) is 6.07 Å². The highest BCUT2D eigenvalue weighted by Gasteiger charge is 2.19. The van der Waals surface area contributed by atoms with Crippen LogP contribution in [0, 0.1) is 5.92 Å². The first-order chi connectivity index (χ1) is 9.08. The lowest BCUT2D eigenvalue weighted by atomic mass is 10.1.